The molecule has 0 fully saturated rings. The van der Waals surface area contributed by atoms with Gasteiger partial charge in [-0.1, -0.05) is 18.2 Å². The standard InChI is InChI=1S/C8H8O2.Sn/c1-10-8(9)7-5-3-2-4-6-7;/h2-6H,1H3;. The van der Waals surface area contributed by atoms with Crippen LogP contribution in [0.2, 0.25) is 0 Å². The summed E-state index contributed by atoms with van der Waals surface area (Å²) in [5.41, 5.74) is 0.588. The van der Waals surface area contributed by atoms with Crippen LogP contribution in [0.5, 0.6) is 0 Å². The number of benzene rings is 1. The first-order valence-corrected chi connectivity index (χ1v) is 2.98. The van der Waals surface area contributed by atoms with Crippen molar-refractivity contribution in [2.45, 2.75) is 0 Å². The molecule has 11 heavy (non-hydrogen) atoms. The molecular weight excluding hydrogens is 247 g/mol. The second kappa shape index (κ2) is 5.18. The van der Waals surface area contributed by atoms with Crippen LogP contribution in [0.3, 0.4) is 0 Å². The Hall–Kier alpha value is -0.511. The molecular formula is C8H8O2Sn. The number of hydrogen-bond acceptors (Lipinski definition) is 2. The van der Waals surface area contributed by atoms with Crippen molar-refractivity contribution in [3.8, 4) is 0 Å². The van der Waals surface area contributed by atoms with Gasteiger partial charge in [0, 0.05) is 23.9 Å². The predicted octanol–water partition coefficient (Wildman–Crippen LogP) is 1.09. The van der Waals surface area contributed by atoms with Crippen molar-refractivity contribution in [2.75, 3.05) is 7.11 Å². The molecule has 1 aromatic rings. The Balaban J connectivity index is 0.000001000. The topological polar surface area (TPSA) is 26.3 Å². The summed E-state index contributed by atoms with van der Waals surface area (Å²) >= 11 is 0. The van der Waals surface area contributed by atoms with Crippen LogP contribution < -0.4 is 0 Å². The number of esters is 1. The van der Waals surface area contributed by atoms with Gasteiger partial charge in [-0.05, 0) is 12.1 Å². The quantitative estimate of drug-likeness (QED) is 0.554. The summed E-state index contributed by atoms with van der Waals surface area (Å²) in [4.78, 5) is 10.8. The zero-order valence-corrected chi connectivity index (χ0v) is 9.06. The molecule has 0 spiro atoms. The van der Waals surface area contributed by atoms with E-state index in [0.717, 1.165) is 0 Å². The Bertz CT molecular complexity index is 221. The molecule has 0 N–H and O–H groups in total. The molecule has 0 heterocycles. The maximum atomic E-state index is 10.8. The molecule has 1 rings (SSSR count). The third kappa shape index (κ3) is 2.92. The van der Waals surface area contributed by atoms with Crippen LogP contribution in [0.15, 0.2) is 30.3 Å². The number of methoxy groups -OCH3 is 1. The minimum Gasteiger partial charge on any atom is -0.465 e. The van der Waals surface area contributed by atoms with Crippen LogP contribution in [0.4, 0.5) is 0 Å². The minimum absolute atomic E-state index is 0. The van der Waals surface area contributed by atoms with E-state index in [9.17, 15) is 4.79 Å². The number of hydrogen-bond donors (Lipinski definition) is 0. The third-order valence-electron chi connectivity index (χ3n) is 1.19. The summed E-state index contributed by atoms with van der Waals surface area (Å²) in [7, 11) is 1.37. The van der Waals surface area contributed by atoms with E-state index >= 15 is 0 Å². The number of carbonyl (C=O) groups excluding carboxylic acids is 1. The molecule has 0 saturated carbocycles. The fourth-order valence-electron chi connectivity index (χ4n) is 0.692. The van der Waals surface area contributed by atoms with Gasteiger partial charge in [0.05, 0.1) is 12.7 Å². The molecule has 0 aliphatic heterocycles. The summed E-state index contributed by atoms with van der Waals surface area (Å²) in [6.07, 6.45) is 0. The van der Waals surface area contributed by atoms with Gasteiger partial charge in [0.15, 0.2) is 0 Å². The van der Waals surface area contributed by atoms with Crippen molar-refractivity contribution in [1.82, 2.24) is 0 Å². The molecule has 0 aliphatic carbocycles. The van der Waals surface area contributed by atoms with Crippen LogP contribution in [0, 0.1) is 0 Å². The second-order valence-electron chi connectivity index (χ2n) is 1.86. The predicted molar refractivity (Wildman–Crippen MR) is 43.5 cm³/mol. The first-order chi connectivity index (χ1) is 4.84. The maximum Gasteiger partial charge on any atom is 0.337 e. The Morgan fingerprint density at radius 3 is 2.27 bits per heavy atom. The molecule has 0 saturated heterocycles. The van der Waals surface area contributed by atoms with Crippen LogP contribution in [-0.2, 0) is 4.74 Å². The minimum atomic E-state index is -0.291. The zero-order valence-electron chi connectivity index (χ0n) is 6.20. The summed E-state index contributed by atoms with van der Waals surface area (Å²) in [6.45, 7) is 0. The Kier molecular flexibility index (Phi) is 4.94. The van der Waals surface area contributed by atoms with Gasteiger partial charge in [-0.15, -0.1) is 0 Å². The average molecular weight is 255 g/mol. The monoisotopic (exact) mass is 256 g/mol. The van der Waals surface area contributed by atoms with Gasteiger partial charge in [0.2, 0.25) is 0 Å². The molecule has 4 radical (unpaired) electrons. The van der Waals surface area contributed by atoms with Gasteiger partial charge in [-0.25, -0.2) is 4.79 Å². The Morgan fingerprint density at radius 2 is 1.82 bits per heavy atom. The van der Waals surface area contributed by atoms with Gasteiger partial charge in [-0.2, -0.15) is 0 Å². The van der Waals surface area contributed by atoms with Crippen LogP contribution >= 0.6 is 0 Å². The molecule has 0 atom stereocenters. The van der Waals surface area contributed by atoms with E-state index in [1.165, 1.54) is 7.11 Å². The van der Waals surface area contributed by atoms with Crippen molar-refractivity contribution >= 4 is 29.9 Å². The van der Waals surface area contributed by atoms with Gasteiger partial charge in [0.25, 0.3) is 0 Å². The molecule has 3 heteroatoms. The number of carbonyl (C=O) groups is 1. The number of ether oxygens (including phenoxy) is 1. The Morgan fingerprint density at radius 1 is 1.27 bits per heavy atom. The van der Waals surface area contributed by atoms with Crippen molar-refractivity contribution in [1.29, 1.82) is 0 Å². The van der Waals surface area contributed by atoms with E-state index in [-0.39, 0.29) is 29.9 Å². The summed E-state index contributed by atoms with van der Waals surface area (Å²) < 4.78 is 4.50. The van der Waals surface area contributed by atoms with Crippen molar-refractivity contribution < 1.29 is 9.53 Å². The largest absolute Gasteiger partial charge is 0.465 e. The molecule has 0 unspecified atom stereocenters. The van der Waals surface area contributed by atoms with Gasteiger partial charge in [0.1, 0.15) is 0 Å². The molecule has 2 nitrogen and oxygen atoms in total. The average Bonchev–Trinajstić information content (AvgIpc) is 2.05. The van der Waals surface area contributed by atoms with E-state index in [2.05, 4.69) is 4.74 Å². The first-order valence-electron chi connectivity index (χ1n) is 2.98. The van der Waals surface area contributed by atoms with E-state index in [4.69, 9.17) is 0 Å². The fraction of sp³-hybridized carbons (Fsp3) is 0.125. The Labute approximate surface area is 82.5 Å². The molecule has 56 valence electrons. The van der Waals surface area contributed by atoms with Crippen LogP contribution in [0.25, 0.3) is 0 Å². The zero-order chi connectivity index (χ0) is 7.40. The normalized spacial score (nSPS) is 8.09. The SMILES string of the molecule is COC(=O)c1ccccc1.[Sn]. The van der Waals surface area contributed by atoms with Crippen molar-refractivity contribution in [3.63, 3.8) is 0 Å². The van der Waals surface area contributed by atoms with E-state index < -0.39 is 0 Å². The summed E-state index contributed by atoms with van der Waals surface area (Å²) in [6, 6.07) is 8.88. The van der Waals surface area contributed by atoms with Gasteiger partial charge >= 0.3 is 5.97 Å². The van der Waals surface area contributed by atoms with E-state index in [0.29, 0.717) is 5.56 Å². The molecule has 1 aromatic carbocycles. The van der Waals surface area contributed by atoms with Crippen molar-refractivity contribution in [2.24, 2.45) is 0 Å². The first kappa shape index (κ1) is 10.5. The van der Waals surface area contributed by atoms with Crippen LogP contribution in [-0.4, -0.2) is 37.0 Å². The second-order valence-corrected chi connectivity index (χ2v) is 1.86. The van der Waals surface area contributed by atoms with Gasteiger partial charge < -0.3 is 4.74 Å². The molecule has 0 bridgehead atoms. The van der Waals surface area contributed by atoms with Crippen LogP contribution in [0.1, 0.15) is 10.4 Å². The fourth-order valence-corrected chi connectivity index (χ4v) is 0.692. The smallest absolute Gasteiger partial charge is 0.337 e. The molecule has 0 aromatic heterocycles. The van der Waals surface area contributed by atoms with Crippen molar-refractivity contribution in [3.05, 3.63) is 35.9 Å². The molecule has 0 aliphatic rings. The maximum absolute atomic E-state index is 10.8. The third-order valence-corrected chi connectivity index (χ3v) is 1.19. The summed E-state index contributed by atoms with van der Waals surface area (Å²) in [5.74, 6) is -0.291. The van der Waals surface area contributed by atoms with E-state index in [1.54, 1.807) is 24.3 Å². The van der Waals surface area contributed by atoms with E-state index in [1.807, 2.05) is 6.07 Å². The molecule has 0 amide bonds. The van der Waals surface area contributed by atoms with Gasteiger partial charge in [-0.3, -0.25) is 0 Å². The summed E-state index contributed by atoms with van der Waals surface area (Å²) in [5, 5.41) is 0. The number of rotatable bonds is 1.